The van der Waals surface area contributed by atoms with Gasteiger partial charge in [-0.1, -0.05) is 12.1 Å². The highest BCUT2D eigenvalue weighted by Crippen LogP contribution is 2.35. The number of carbonyl (C=O) groups excluding carboxylic acids is 1. The molecule has 0 spiro atoms. The summed E-state index contributed by atoms with van der Waals surface area (Å²) in [6, 6.07) is 6.20. The lowest BCUT2D eigenvalue weighted by Gasteiger charge is -2.36. The van der Waals surface area contributed by atoms with E-state index in [4.69, 9.17) is 10.5 Å². The number of rotatable bonds is 5. The Labute approximate surface area is 118 Å². The summed E-state index contributed by atoms with van der Waals surface area (Å²) in [5.74, 6) is -0.305. The minimum absolute atomic E-state index is 0.0131. The van der Waals surface area contributed by atoms with Crippen molar-refractivity contribution >= 4 is 5.91 Å². The van der Waals surface area contributed by atoms with E-state index in [0.29, 0.717) is 39.1 Å². The van der Waals surface area contributed by atoms with E-state index in [1.54, 1.807) is 12.1 Å². The number of halogens is 1. The molecule has 1 aromatic rings. The summed E-state index contributed by atoms with van der Waals surface area (Å²) in [5.41, 5.74) is 5.68. The van der Waals surface area contributed by atoms with E-state index in [9.17, 15) is 9.18 Å². The summed E-state index contributed by atoms with van der Waals surface area (Å²) >= 11 is 0. The van der Waals surface area contributed by atoms with Crippen LogP contribution in [0.1, 0.15) is 24.8 Å². The number of carbonyl (C=O) groups is 1. The topological polar surface area (TPSA) is 64.3 Å². The van der Waals surface area contributed by atoms with Crippen LogP contribution in [0.15, 0.2) is 24.3 Å². The molecule has 1 aromatic carbocycles. The molecule has 1 amide bonds. The first-order chi connectivity index (χ1) is 9.69. The van der Waals surface area contributed by atoms with Crippen molar-refractivity contribution in [3.05, 3.63) is 35.6 Å². The minimum atomic E-state index is -0.611. The van der Waals surface area contributed by atoms with Gasteiger partial charge in [-0.3, -0.25) is 4.79 Å². The molecular weight excluding hydrogens is 259 g/mol. The van der Waals surface area contributed by atoms with Crippen LogP contribution in [0, 0.1) is 5.82 Å². The van der Waals surface area contributed by atoms with Gasteiger partial charge in [0.15, 0.2) is 0 Å². The Balaban J connectivity index is 2.20. The molecule has 0 radical (unpaired) electrons. The molecule has 0 bridgehead atoms. The van der Waals surface area contributed by atoms with Crippen LogP contribution in [0.3, 0.4) is 0 Å². The zero-order chi connectivity index (χ0) is 14.4. The SMILES string of the molecule is NCCCNC(=O)C1(c2ccc(F)cc2)CCOCC1. The highest BCUT2D eigenvalue weighted by Gasteiger charge is 2.41. The van der Waals surface area contributed by atoms with Crippen molar-refractivity contribution in [3.8, 4) is 0 Å². The standard InChI is InChI=1S/C15H21FN2O2/c16-13-4-2-12(3-5-13)15(6-10-20-11-7-15)14(19)18-9-1-8-17/h2-5H,1,6-11,17H2,(H,18,19). The quantitative estimate of drug-likeness (QED) is 0.800. The lowest BCUT2D eigenvalue weighted by molar-refractivity contribution is -0.130. The van der Waals surface area contributed by atoms with Crippen LogP contribution < -0.4 is 11.1 Å². The number of hydrogen-bond acceptors (Lipinski definition) is 3. The Hall–Kier alpha value is -1.46. The van der Waals surface area contributed by atoms with Gasteiger partial charge in [0, 0.05) is 19.8 Å². The Kier molecular flexibility index (Phi) is 5.09. The van der Waals surface area contributed by atoms with Crippen LogP contribution in [-0.2, 0) is 14.9 Å². The monoisotopic (exact) mass is 280 g/mol. The predicted molar refractivity (Wildman–Crippen MR) is 74.8 cm³/mol. The molecule has 1 heterocycles. The number of nitrogens with two attached hydrogens (primary N) is 1. The number of amides is 1. The molecule has 20 heavy (non-hydrogen) atoms. The van der Waals surface area contributed by atoms with Crippen molar-refractivity contribution in [2.75, 3.05) is 26.3 Å². The van der Waals surface area contributed by atoms with Crippen LogP contribution in [0.4, 0.5) is 4.39 Å². The van der Waals surface area contributed by atoms with Gasteiger partial charge in [0.1, 0.15) is 5.82 Å². The highest BCUT2D eigenvalue weighted by molar-refractivity contribution is 5.88. The molecule has 0 aromatic heterocycles. The van der Waals surface area contributed by atoms with E-state index < -0.39 is 5.41 Å². The van der Waals surface area contributed by atoms with E-state index >= 15 is 0 Å². The fraction of sp³-hybridized carbons (Fsp3) is 0.533. The molecule has 0 atom stereocenters. The molecule has 1 aliphatic heterocycles. The fourth-order valence-electron chi connectivity index (χ4n) is 2.61. The largest absolute Gasteiger partial charge is 0.381 e. The smallest absolute Gasteiger partial charge is 0.230 e. The lowest BCUT2D eigenvalue weighted by Crippen LogP contribution is -2.48. The average Bonchev–Trinajstić information content (AvgIpc) is 2.49. The molecule has 5 heteroatoms. The number of ether oxygens (including phenoxy) is 1. The van der Waals surface area contributed by atoms with E-state index in [0.717, 1.165) is 12.0 Å². The van der Waals surface area contributed by atoms with E-state index in [1.807, 2.05) is 0 Å². The van der Waals surface area contributed by atoms with Crippen LogP contribution >= 0.6 is 0 Å². The summed E-state index contributed by atoms with van der Waals surface area (Å²) in [7, 11) is 0. The van der Waals surface area contributed by atoms with Crippen molar-refractivity contribution in [1.29, 1.82) is 0 Å². The summed E-state index contributed by atoms with van der Waals surface area (Å²) in [6.07, 6.45) is 1.99. The van der Waals surface area contributed by atoms with E-state index in [-0.39, 0.29) is 11.7 Å². The van der Waals surface area contributed by atoms with Crippen molar-refractivity contribution < 1.29 is 13.9 Å². The average molecular weight is 280 g/mol. The van der Waals surface area contributed by atoms with Crippen LogP contribution in [0.2, 0.25) is 0 Å². The molecule has 2 rings (SSSR count). The number of nitrogens with one attached hydrogen (secondary N) is 1. The summed E-state index contributed by atoms with van der Waals surface area (Å²) in [6.45, 7) is 2.20. The molecule has 3 N–H and O–H groups in total. The third-order valence-corrected chi connectivity index (χ3v) is 3.84. The Morgan fingerprint density at radius 2 is 1.95 bits per heavy atom. The summed E-state index contributed by atoms with van der Waals surface area (Å²) < 4.78 is 18.5. The minimum Gasteiger partial charge on any atom is -0.381 e. The first-order valence-electron chi connectivity index (χ1n) is 7.01. The second-order valence-corrected chi connectivity index (χ2v) is 5.10. The molecule has 0 aliphatic carbocycles. The zero-order valence-electron chi connectivity index (χ0n) is 11.5. The molecule has 4 nitrogen and oxygen atoms in total. The maximum Gasteiger partial charge on any atom is 0.230 e. The second-order valence-electron chi connectivity index (χ2n) is 5.10. The summed E-state index contributed by atoms with van der Waals surface area (Å²) in [4.78, 5) is 12.6. The normalized spacial score (nSPS) is 17.7. The van der Waals surface area contributed by atoms with Crippen molar-refractivity contribution in [2.24, 2.45) is 5.73 Å². The number of benzene rings is 1. The van der Waals surface area contributed by atoms with E-state index in [2.05, 4.69) is 5.32 Å². The Morgan fingerprint density at radius 1 is 1.30 bits per heavy atom. The molecule has 110 valence electrons. The first-order valence-corrected chi connectivity index (χ1v) is 7.01. The molecule has 1 aliphatic rings. The molecule has 0 saturated carbocycles. The molecule has 0 unspecified atom stereocenters. The van der Waals surface area contributed by atoms with Gasteiger partial charge in [-0.15, -0.1) is 0 Å². The van der Waals surface area contributed by atoms with Gasteiger partial charge < -0.3 is 15.8 Å². The van der Waals surface area contributed by atoms with Crippen molar-refractivity contribution in [3.63, 3.8) is 0 Å². The van der Waals surface area contributed by atoms with Crippen LogP contribution in [-0.4, -0.2) is 32.2 Å². The molecule has 1 fully saturated rings. The lowest BCUT2D eigenvalue weighted by atomic mass is 9.73. The van der Waals surface area contributed by atoms with Crippen LogP contribution in [0.5, 0.6) is 0 Å². The molecular formula is C15H21FN2O2. The number of hydrogen-bond donors (Lipinski definition) is 2. The Morgan fingerprint density at radius 3 is 2.55 bits per heavy atom. The maximum atomic E-state index is 13.1. The van der Waals surface area contributed by atoms with Gasteiger partial charge in [0.2, 0.25) is 5.91 Å². The van der Waals surface area contributed by atoms with Gasteiger partial charge in [-0.2, -0.15) is 0 Å². The van der Waals surface area contributed by atoms with Gasteiger partial charge in [-0.05, 0) is 43.5 Å². The molecule has 1 saturated heterocycles. The fourth-order valence-corrected chi connectivity index (χ4v) is 2.61. The van der Waals surface area contributed by atoms with Gasteiger partial charge in [0.25, 0.3) is 0 Å². The zero-order valence-corrected chi connectivity index (χ0v) is 11.5. The highest BCUT2D eigenvalue weighted by atomic mass is 19.1. The summed E-state index contributed by atoms with van der Waals surface area (Å²) in [5, 5.41) is 2.94. The Bertz CT molecular complexity index is 442. The van der Waals surface area contributed by atoms with E-state index in [1.165, 1.54) is 12.1 Å². The van der Waals surface area contributed by atoms with Crippen LogP contribution in [0.25, 0.3) is 0 Å². The predicted octanol–water partition coefficient (Wildman–Crippen LogP) is 1.34. The third-order valence-electron chi connectivity index (χ3n) is 3.84. The van der Waals surface area contributed by atoms with Crippen molar-refractivity contribution in [1.82, 2.24) is 5.32 Å². The van der Waals surface area contributed by atoms with Gasteiger partial charge in [-0.25, -0.2) is 4.39 Å². The first kappa shape index (κ1) is 14.9. The van der Waals surface area contributed by atoms with Gasteiger partial charge in [0.05, 0.1) is 5.41 Å². The van der Waals surface area contributed by atoms with Crippen molar-refractivity contribution in [2.45, 2.75) is 24.7 Å². The maximum absolute atomic E-state index is 13.1. The second kappa shape index (κ2) is 6.81. The van der Waals surface area contributed by atoms with Gasteiger partial charge >= 0.3 is 0 Å². The third kappa shape index (κ3) is 3.16.